The van der Waals surface area contributed by atoms with E-state index in [9.17, 15) is 4.79 Å². The molecular formula is C14H16N2O. The van der Waals surface area contributed by atoms with Crippen molar-refractivity contribution in [3.63, 3.8) is 0 Å². The molecule has 0 aliphatic rings. The Morgan fingerprint density at radius 3 is 2.53 bits per heavy atom. The first-order valence-electron chi connectivity index (χ1n) is 5.64. The fourth-order valence-electron chi connectivity index (χ4n) is 1.90. The largest absolute Gasteiger partial charge is 0.311 e. The van der Waals surface area contributed by atoms with Crippen LogP contribution in [0.15, 0.2) is 23.0 Å². The molecule has 0 bridgehead atoms. The number of hydrogen-bond acceptors (Lipinski definition) is 2. The van der Waals surface area contributed by atoms with Crippen LogP contribution in [-0.2, 0) is 0 Å². The molecule has 1 heterocycles. The molecule has 0 saturated heterocycles. The van der Waals surface area contributed by atoms with Gasteiger partial charge in [-0.3, -0.25) is 4.79 Å². The van der Waals surface area contributed by atoms with Gasteiger partial charge in [0.2, 0.25) is 0 Å². The van der Waals surface area contributed by atoms with E-state index in [1.807, 2.05) is 20.8 Å². The van der Waals surface area contributed by atoms with E-state index < -0.39 is 0 Å². The van der Waals surface area contributed by atoms with Gasteiger partial charge in [0.15, 0.2) is 0 Å². The first kappa shape index (κ1) is 11.6. The molecule has 0 unspecified atom stereocenters. The van der Waals surface area contributed by atoms with Gasteiger partial charge in [-0.25, -0.2) is 4.98 Å². The fourth-order valence-corrected chi connectivity index (χ4v) is 1.90. The summed E-state index contributed by atoms with van der Waals surface area (Å²) in [6.07, 6.45) is 0. The second-order valence-electron chi connectivity index (χ2n) is 4.44. The lowest BCUT2D eigenvalue weighted by Gasteiger charge is -2.09. The van der Waals surface area contributed by atoms with Crippen molar-refractivity contribution in [3.05, 3.63) is 51.1 Å². The van der Waals surface area contributed by atoms with Crippen molar-refractivity contribution in [2.75, 3.05) is 0 Å². The van der Waals surface area contributed by atoms with E-state index in [4.69, 9.17) is 0 Å². The predicted octanol–water partition coefficient (Wildman–Crippen LogP) is 2.67. The number of rotatable bonds is 1. The van der Waals surface area contributed by atoms with Crippen LogP contribution in [0, 0.1) is 27.7 Å². The summed E-state index contributed by atoms with van der Waals surface area (Å²) in [4.78, 5) is 18.9. The standard InChI is InChI=1S/C14H16N2O/c1-8-5-6-9(2)12(7-8)13-10(3)14(17)16-11(4)15-13/h5-7H,1-4H3,(H,15,16,17). The van der Waals surface area contributed by atoms with Gasteiger partial charge >= 0.3 is 0 Å². The summed E-state index contributed by atoms with van der Waals surface area (Å²) in [7, 11) is 0. The molecular weight excluding hydrogens is 212 g/mol. The highest BCUT2D eigenvalue weighted by Gasteiger charge is 2.10. The number of nitrogens with zero attached hydrogens (tertiary/aromatic N) is 1. The van der Waals surface area contributed by atoms with E-state index in [-0.39, 0.29) is 5.56 Å². The molecule has 0 aliphatic heterocycles. The average Bonchev–Trinajstić information content (AvgIpc) is 2.27. The maximum atomic E-state index is 11.7. The zero-order valence-electron chi connectivity index (χ0n) is 10.6. The van der Waals surface area contributed by atoms with Crippen molar-refractivity contribution >= 4 is 0 Å². The van der Waals surface area contributed by atoms with Crippen LogP contribution < -0.4 is 5.56 Å². The smallest absolute Gasteiger partial charge is 0.254 e. The fraction of sp³-hybridized carbons (Fsp3) is 0.286. The van der Waals surface area contributed by atoms with Crippen LogP contribution in [0.1, 0.15) is 22.5 Å². The van der Waals surface area contributed by atoms with E-state index >= 15 is 0 Å². The van der Waals surface area contributed by atoms with Gasteiger partial charge in [-0.05, 0) is 39.3 Å². The van der Waals surface area contributed by atoms with Crippen LogP contribution in [-0.4, -0.2) is 9.97 Å². The molecule has 2 rings (SSSR count). The number of nitrogens with one attached hydrogen (secondary N) is 1. The van der Waals surface area contributed by atoms with E-state index in [1.54, 1.807) is 6.92 Å². The molecule has 0 spiro atoms. The molecule has 0 aliphatic carbocycles. The van der Waals surface area contributed by atoms with Gasteiger partial charge < -0.3 is 4.98 Å². The number of benzene rings is 1. The van der Waals surface area contributed by atoms with Gasteiger partial charge in [0.1, 0.15) is 5.82 Å². The molecule has 0 fully saturated rings. The number of aromatic amines is 1. The van der Waals surface area contributed by atoms with Crippen LogP contribution in [0.4, 0.5) is 0 Å². The van der Waals surface area contributed by atoms with Gasteiger partial charge in [0.25, 0.3) is 5.56 Å². The van der Waals surface area contributed by atoms with Gasteiger partial charge in [-0.1, -0.05) is 17.7 Å². The molecule has 0 radical (unpaired) electrons. The lowest BCUT2D eigenvalue weighted by molar-refractivity contribution is 0.998. The van der Waals surface area contributed by atoms with Crippen molar-refractivity contribution in [2.24, 2.45) is 0 Å². The van der Waals surface area contributed by atoms with Crippen molar-refractivity contribution in [1.82, 2.24) is 9.97 Å². The molecule has 1 aromatic heterocycles. The monoisotopic (exact) mass is 228 g/mol. The van der Waals surface area contributed by atoms with Gasteiger partial charge in [-0.2, -0.15) is 0 Å². The molecule has 88 valence electrons. The molecule has 1 N–H and O–H groups in total. The third kappa shape index (κ3) is 2.13. The van der Waals surface area contributed by atoms with Gasteiger partial charge in [0, 0.05) is 11.1 Å². The molecule has 2 aromatic rings. The quantitative estimate of drug-likeness (QED) is 0.815. The average molecular weight is 228 g/mol. The Morgan fingerprint density at radius 2 is 1.82 bits per heavy atom. The molecule has 0 saturated carbocycles. The van der Waals surface area contributed by atoms with Crippen molar-refractivity contribution in [3.8, 4) is 11.3 Å². The summed E-state index contributed by atoms with van der Waals surface area (Å²) in [6.45, 7) is 7.68. The van der Waals surface area contributed by atoms with E-state index in [0.29, 0.717) is 11.4 Å². The Balaban J connectivity index is 2.76. The number of aromatic nitrogens is 2. The highest BCUT2D eigenvalue weighted by Crippen LogP contribution is 2.24. The second-order valence-corrected chi connectivity index (χ2v) is 4.44. The van der Waals surface area contributed by atoms with Crippen LogP contribution in [0.25, 0.3) is 11.3 Å². The third-order valence-corrected chi connectivity index (χ3v) is 2.92. The van der Waals surface area contributed by atoms with Gasteiger partial charge in [0.05, 0.1) is 5.69 Å². The van der Waals surface area contributed by atoms with E-state index in [0.717, 1.165) is 16.8 Å². The second kappa shape index (κ2) is 4.17. The van der Waals surface area contributed by atoms with Gasteiger partial charge in [-0.15, -0.1) is 0 Å². The summed E-state index contributed by atoms with van der Waals surface area (Å²) >= 11 is 0. The van der Waals surface area contributed by atoms with Crippen LogP contribution >= 0.6 is 0 Å². The highest BCUT2D eigenvalue weighted by atomic mass is 16.1. The third-order valence-electron chi connectivity index (χ3n) is 2.92. The Morgan fingerprint density at radius 1 is 1.12 bits per heavy atom. The molecule has 0 atom stereocenters. The summed E-state index contributed by atoms with van der Waals surface area (Å²) in [5.74, 6) is 0.650. The molecule has 17 heavy (non-hydrogen) atoms. The number of H-pyrrole nitrogens is 1. The lowest BCUT2D eigenvalue weighted by atomic mass is 10.0. The molecule has 0 amide bonds. The van der Waals surface area contributed by atoms with Crippen molar-refractivity contribution in [2.45, 2.75) is 27.7 Å². The zero-order valence-corrected chi connectivity index (χ0v) is 10.6. The zero-order chi connectivity index (χ0) is 12.6. The minimum Gasteiger partial charge on any atom is -0.311 e. The Kier molecular flexibility index (Phi) is 2.84. The SMILES string of the molecule is Cc1ccc(C)c(-c2nc(C)[nH]c(=O)c2C)c1. The Labute approximate surface area is 101 Å². The minimum absolute atomic E-state index is 0.0617. The van der Waals surface area contributed by atoms with Crippen molar-refractivity contribution in [1.29, 1.82) is 0 Å². The highest BCUT2D eigenvalue weighted by molar-refractivity contribution is 5.66. The summed E-state index contributed by atoms with van der Waals surface area (Å²) in [5.41, 5.74) is 4.74. The first-order chi connectivity index (χ1) is 7.99. The predicted molar refractivity (Wildman–Crippen MR) is 69.2 cm³/mol. The molecule has 3 nitrogen and oxygen atoms in total. The first-order valence-corrected chi connectivity index (χ1v) is 5.64. The summed E-state index contributed by atoms with van der Waals surface area (Å²) < 4.78 is 0. The number of aryl methyl sites for hydroxylation is 3. The molecule has 3 heteroatoms. The van der Waals surface area contributed by atoms with Crippen LogP contribution in [0.2, 0.25) is 0 Å². The maximum absolute atomic E-state index is 11.7. The van der Waals surface area contributed by atoms with E-state index in [1.165, 1.54) is 5.56 Å². The van der Waals surface area contributed by atoms with Crippen LogP contribution in [0.5, 0.6) is 0 Å². The molecule has 1 aromatic carbocycles. The Bertz CT molecular complexity index is 627. The Hall–Kier alpha value is -1.90. The lowest BCUT2D eigenvalue weighted by Crippen LogP contribution is -2.14. The van der Waals surface area contributed by atoms with Crippen molar-refractivity contribution < 1.29 is 0 Å². The summed E-state index contributed by atoms with van der Waals surface area (Å²) in [6, 6.07) is 6.19. The number of hydrogen-bond donors (Lipinski definition) is 1. The normalized spacial score (nSPS) is 10.6. The van der Waals surface area contributed by atoms with Crippen LogP contribution in [0.3, 0.4) is 0 Å². The maximum Gasteiger partial charge on any atom is 0.254 e. The minimum atomic E-state index is -0.0617. The van der Waals surface area contributed by atoms with E-state index in [2.05, 4.69) is 28.2 Å². The summed E-state index contributed by atoms with van der Waals surface area (Å²) in [5, 5.41) is 0. The topological polar surface area (TPSA) is 45.8 Å².